The number of para-hydroxylation sites is 2. The fourth-order valence-electron chi connectivity index (χ4n) is 3.60. The third kappa shape index (κ3) is 3.27. The maximum absolute atomic E-state index is 12.3. The molecule has 120 valence electrons. The van der Waals surface area contributed by atoms with Crippen molar-refractivity contribution in [2.24, 2.45) is 0 Å². The van der Waals surface area contributed by atoms with Gasteiger partial charge in [0.2, 0.25) is 0 Å². The summed E-state index contributed by atoms with van der Waals surface area (Å²) in [6.07, 6.45) is 7.46. The molecule has 2 aromatic rings. The molecule has 1 aromatic heterocycles. The van der Waals surface area contributed by atoms with E-state index < -0.39 is 0 Å². The molecule has 1 saturated heterocycles. The maximum atomic E-state index is 12.3. The Morgan fingerprint density at radius 1 is 1.14 bits per heavy atom. The number of fused-ring (bicyclic) bond motifs is 1. The molecule has 1 fully saturated rings. The predicted molar refractivity (Wildman–Crippen MR) is 91.4 cm³/mol. The van der Waals surface area contributed by atoms with Gasteiger partial charge in [0.05, 0.1) is 11.0 Å². The van der Waals surface area contributed by atoms with E-state index in [-0.39, 0.29) is 5.69 Å². The number of hydrogen-bond donors (Lipinski definition) is 1. The summed E-state index contributed by atoms with van der Waals surface area (Å²) in [5.41, 5.74) is 2.05. The summed E-state index contributed by atoms with van der Waals surface area (Å²) < 4.78 is 1.98. The zero-order valence-electron chi connectivity index (χ0n) is 13.6. The van der Waals surface area contributed by atoms with Gasteiger partial charge in [0, 0.05) is 19.1 Å². The molecule has 0 unspecified atom stereocenters. The molecule has 1 aliphatic heterocycles. The number of benzene rings is 1. The van der Waals surface area contributed by atoms with Crippen molar-refractivity contribution in [3.63, 3.8) is 0 Å². The van der Waals surface area contributed by atoms with Gasteiger partial charge >= 0.3 is 5.69 Å². The van der Waals surface area contributed by atoms with Gasteiger partial charge in [-0.1, -0.05) is 38.3 Å². The zero-order chi connectivity index (χ0) is 15.4. The molecule has 0 saturated carbocycles. The Morgan fingerprint density at radius 3 is 2.68 bits per heavy atom. The predicted octanol–water partition coefficient (Wildman–Crippen LogP) is 3.55. The second-order valence-corrected chi connectivity index (χ2v) is 6.45. The van der Waals surface area contributed by atoms with Gasteiger partial charge in [-0.25, -0.2) is 4.79 Å². The molecular weight excluding hydrogens is 274 g/mol. The van der Waals surface area contributed by atoms with Crippen molar-refractivity contribution in [3.8, 4) is 0 Å². The number of nitrogens with one attached hydrogen (secondary N) is 1. The third-order valence-electron chi connectivity index (χ3n) is 4.87. The van der Waals surface area contributed by atoms with Crippen molar-refractivity contribution < 1.29 is 0 Å². The number of aromatic nitrogens is 2. The number of nitrogens with zero attached hydrogens (tertiary/aromatic N) is 2. The highest BCUT2D eigenvalue weighted by Gasteiger charge is 2.23. The molecule has 0 aliphatic carbocycles. The van der Waals surface area contributed by atoms with E-state index in [9.17, 15) is 4.79 Å². The van der Waals surface area contributed by atoms with Gasteiger partial charge in [0.25, 0.3) is 0 Å². The monoisotopic (exact) mass is 301 g/mol. The minimum Gasteiger partial charge on any atom is -0.306 e. The molecule has 0 radical (unpaired) electrons. The van der Waals surface area contributed by atoms with Crippen molar-refractivity contribution in [1.82, 2.24) is 14.5 Å². The Balaban J connectivity index is 1.61. The number of imidazole rings is 1. The molecule has 1 aromatic carbocycles. The van der Waals surface area contributed by atoms with Crippen molar-refractivity contribution >= 4 is 11.0 Å². The lowest BCUT2D eigenvalue weighted by molar-refractivity contribution is 0.184. The van der Waals surface area contributed by atoms with E-state index in [0.29, 0.717) is 6.04 Å². The van der Waals surface area contributed by atoms with Crippen molar-refractivity contribution in [1.29, 1.82) is 0 Å². The molecule has 1 N–H and O–H groups in total. The van der Waals surface area contributed by atoms with Crippen LogP contribution in [0.4, 0.5) is 0 Å². The summed E-state index contributed by atoms with van der Waals surface area (Å²) in [7, 11) is 0. The molecule has 0 amide bonds. The molecule has 4 heteroatoms. The lowest BCUT2D eigenvalue weighted by Crippen LogP contribution is -2.37. The lowest BCUT2D eigenvalue weighted by atomic mass is 10.0. The van der Waals surface area contributed by atoms with E-state index >= 15 is 0 Å². The second kappa shape index (κ2) is 7.14. The van der Waals surface area contributed by atoms with Gasteiger partial charge in [-0.15, -0.1) is 0 Å². The fraction of sp³-hybridized carbons (Fsp3) is 0.611. The SMILES string of the molecule is CCCCCCN1CCC(n2c(=O)[nH]c3ccccc32)CC1. The van der Waals surface area contributed by atoms with Gasteiger partial charge in [0.15, 0.2) is 0 Å². The molecule has 4 nitrogen and oxygen atoms in total. The summed E-state index contributed by atoms with van der Waals surface area (Å²) in [5, 5.41) is 0. The van der Waals surface area contributed by atoms with Crippen LogP contribution in [0.25, 0.3) is 11.0 Å². The smallest absolute Gasteiger partial charge is 0.306 e. The van der Waals surface area contributed by atoms with Crippen LogP contribution >= 0.6 is 0 Å². The Labute approximate surface area is 132 Å². The first-order valence-corrected chi connectivity index (χ1v) is 8.71. The molecule has 1 aliphatic rings. The normalized spacial score (nSPS) is 17.3. The van der Waals surface area contributed by atoms with Crippen molar-refractivity contribution in [2.75, 3.05) is 19.6 Å². The third-order valence-corrected chi connectivity index (χ3v) is 4.87. The summed E-state index contributed by atoms with van der Waals surface area (Å²) in [4.78, 5) is 17.8. The first-order chi connectivity index (χ1) is 10.8. The zero-order valence-corrected chi connectivity index (χ0v) is 13.6. The molecule has 22 heavy (non-hydrogen) atoms. The number of aromatic amines is 1. The van der Waals surface area contributed by atoms with E-state index in [4.69, 9.17) is 0 Å². The number of unbranched alkanes of at least 4 members (excludes halogenated alkanes) is 3. The largest absolute Gasteiger partial charge is 0.326 e. The molecule has 0 spiro atoms. The van der Waals surface area contributed by atoms with Crippen LogP contribution < -0.4 is 5.69 Å². The van der Waals surface area contributed by atoms with Gasteiger partial charge in [0.1, 0.15) is 0 Å². The van der Waals surface area contributed by atoms with Crippen LogP contribution in [0.2, 0.25) is 0 Å². The van der Waals surface area contributed by atoms with E-state index in [1.807, 2.05) is 28.8 Å². The number of rotatable bonds is 6. The van der Waals surface area contributed by atoms with E-state index in [2.05, 4.69) is 16.8 Å². The highest BCUT2D eigenvalue weighted by molar-refractivity contribution is 5.75. The van der Waals surface area contributed by atoms with E-state index in [1.165, 1.54) is 32.2 Å². The van der Waals surface area contributed by atoms with Gasteiger partial charge < -0.3 is 9.88 Å². The summed E-state index contributed by atoms with van der Waals surface area (Å²) in [6, 6.07) is 8.35. The minimum atomic E-state index is 0.0441. The lowest BCUT2D eigenvalue weighted by Gasteiger charge is -2.32. The van der Waals surface area contributed by atoms with E-state index in [0.717, 1.165) is 37.0 Å². The summed E-state index contributed by atoms with van der Waals surface area (Å²) in [5.74, 6) is 0. The number of hydrogen-bond acceptors (Lipinski definition) is 2. The first kappa shape index (κ1) is 15.3. The Bertz CT molecular complexity index is 650. The summed E-state index contributed by atoms with van der Waals surface area (Å²) in [6.45, 7) is 5.70. The molecule has 3 rings (SSSR count). The summed E-state index contributed by atoms with van der Waals surface area (Å²) >= 11 is 0. The molecular formula is C18H27N3O. The number of piperidine rings is 1. The van der Waals surface area contributed by atoms with Gasteiger partial charge in [-0.2, -0.15) is 0 Å². The van der Waals surface area contributed by atoms with Crippen LogP contribution in [0.3, 0.4) is 0 Å². The van der Waals surface area contributed by atoms with Crippen LogP contribution in [-0.4, -0.2) is 34.1 Å². The van der Waals surface area contributed by atoms with Crippen LogP contribution in [-0.2, 0) is 0 Å². The minimum absolute atomic E-state index is 0.0441. The first-order valence-electron chi connectivity index (χ1n) is 8.71. The van der Waals surface area contributed by atoms with Crippen molar-refractivity contribution in [2.45, 2.75) is 51.5 Å². The quantitative estimate of drug-likeness (QED) is 0.829. The molecule has 0 bridgehead atoms. The highest BCUT2D eigenvalue weighted by Crippen LogP contribution is 2.24. The number of likely N-dealkylation sites (tertiary alicyclic amines) is 1. The Morgan fingerprint density at radius 2 is 1.91 bits per heavy atom. The van der Waals surface area contributed by atoms with Crippen LogP contribution in [0.1, 0.15) is 51.5 Å². The average molecular weight is 301 g/mol. The highest BCUT2D eigenvalue weighted by atomic mass is 16.1. The number of H-pyrrole nitrogens is 1. The topological polar surface area (TPSA) is 41.0 Å². The van der Waals surface area contributed by atoms with Crippen LogP contribution in [0, 0.1) is 0 Å². The fourth-order valence-corrected chi connectivity index (χ4v) is 3.60. The second-order valence-electron chi connectivity index (χ2n) is 6.45. The van der Waals surface area contributed by atoms with E-state index in [1.54, 1.807) is 0 Å². The Kier molecular flexibility index (Phi) is 4.98. The molecule has 2 heterocycles. The van der Waals surface area contributed by atoms with Crippen LogP contribution in [0.15, 0.2) is 29.1 Å². The molecule has 0 atom stereocenters. The average Bonchev–Trinajstić information content (AvgIpc) is 2.88. The van der Waals surface area contributed by atoms with Gasteiger partial charge in [-0.05, 0) is 37.9 Å². The van der Waals surface area contributed by atoms with Crippen LogP contribution in [0.5, 0.6) is 0 Å². The van der Waals surface area contributed by atoms with Crippen molar-refractivity contribution in [3.05, 3.63) is 34.7 Å². The Hall–Kier alpha value is -1.55. The standard InChI is InChI=1S/C18H27N3O/c1-2-3-4-7-12-20-13-10-15(11-14-20)21-17-9-6-5-8-16(17)19-18(21)22/h5-6,8-9,15H,2-4,7,10-14H2,1H3,(H,19,22). The van der Waals surface area contributed by atoms with Gasteiger partial charge in [-0.3, -0.25) is 4.57 Å². The maximum Gasteiger partial charge on any atom is 0.326 e.